The van der Waals surface area contributed by atoms with Crippen molar-refractivity contribution in [2.45, 2.75) is 32.1 Å². The molecule has 1 atom stereocenters. The van der Waals surface area contributed by atoms with Gasteiger partial charge in [-0.25, -0.2) is 4.98 Å². The normalized spacial score (nSPS) is 19.7. The van der Waals surface area contributed by atoms with E-state index in [9.17, 15) is 4.79 Å². The van der Waals surface area contributed by atoms with Crippen LogP contribution in [-0.4, -0.2) is 9.38 Å². The molecule has 0 aliphatic heterocycles. The Bertz CT molecular complexity index is 600. The molecule has 1 aliphatic carbocycles. The van der Waals surface area contributed by atoms with Gasteiger partial charge in [0.15, 0.2) is 0 Å². The van der Waals surface area contributed by atoms with E-state index in [1.54, 1.807) is 10.6 Å². The Morgan fingerprint density at radius 3 is 3.19 bits per heavy atom. The van der Waals surface area contributed by atoms with Gasteiger partial charge in [-0.15, -0.1) is 0 Å². The molecule has 16 heavy (non-hydrogen) atoms. The van der Waals surface area contributed by atoms with Crippen LogP contribution in [-0.2, 0) is 6.42 Å². The molecule has 0 saturated carbocycles. The van der Waals surface area contributed by atoms with Crippen LogP contribution in [0.15, 0.2) is 29.2 Å². The van der Waals surface area contributed by atoms with Crippen molar-refractivity contribution in [3.63, 3.8) is 0 Å². The quantitative estimate of drug-likeness (QED) is 0.673. The van der Waals surface area contributed by atoms with Gasteiger partial charge < -0.3 is 0 Å². The molecule has 2 aromatic heterocycles. The molecule has 3 heteroatoms. The van der Waals surface area contributed by atoms with Crippen LogP contribution < -0.4 is 5.56 Å². The minimum Gasteiger partial charge on any atom is -0.269 e. The lowest BCUT2D eigenvalue weighted by Crippen LogP contribution is -2.25. The fraction of sp³-hybridized carbons (Fsp3) is 0.385. The fourth-order valence-electron chi connectivity index (χ4n) is 2.51. The molecule has 0 fully saturated rings. The Labute approximate surface area is 93.8 Å². The highest BCUT2D eigenvalue weighted by Crippen LogP contribution is 2.27. The lowest BCUT2D eigenvalue weighted by molar-refractivity contribution is 0.567. The average Bonchev–Trinajstić information content (AvgIpc) is 2.31. The zero-order valence-corrected chi connectivity index (χ0v) is 9.31. The summed E-state index contributed by atoms with van der Waals surface area (Å²) < 4.78 is 1.65. The van der Waals surface area contributed by atoms with E-state index >= 15 is 0 Å². The first-order chi connectivity index (χ1) is 7.77. The monoisotopic (exact) mass is 214 g/mol. The summed E-state index contributed by atoms with van der Waals surface area (Å²) in [5.41, 5.74) is 2.82. The predicted molar refractivity (Wildman–Crippen MR) is 62.8 cm³/mol. The standard InChI is InChI=1S/C13H14N2O/c1-9-5-4-6-10-12(9)14-11-7-2-3-8-15(11)13(10)16/h2-3,7-9H,4-6H2,1H3. The van der Waals surface area contributed by atoms with Crippen LogP contribution >= 0.6 is 0 Å². The van der Waals surface area contributed by atoms with Crippen LogP contribution in [0.2, 0.25) is 0 Å². The van der Waals surface area contributed by atoms with Gasteiger partial charge >= 0.3 is 0 Å². The van der Waals surface area contributed by atoms with Crippen LogP contribution in [0.25, 0.3) is 5.65 Å². The zero-order valence-electron chi connectivity index (χ0n) is 9.31. The van der Waals surface area contributed by atoms with E-state index in [1.807, 2.05) is 18.2 Å². The molecule has 0 amide bonds. The van der Waals surface area contributed by atoms with Crippen molar-refractivity contribution in [1.29, 1.82) is 0 Å². The highest BCUT2D eigenvalue weighted by atomic mass is 16.1. The number of rotatable bonds is 0. The highest BCUT2D eigenvalue weighted by molar-refractivity contribution is 5.41. The third-order valence-electron chi connectivity index (χ3n) is 3.39. The molecule has 2 heterocycles. The van der Waals surface area contributed by atoms with Crippen molar-refractivity contribution in [3.8, 4) is 0 Å². The maximum Gasteiger partial charge on any atom is 0.261 e. The van der Waals surface area contributed by atoms with Crippen molar-refractivity contribution in [2.75, 3.05) is 0 Å². The first kappa shape index (κ1) is 9.58. The molecule has 0 saturated heterocycles. The molecule has 0 spiro atoms. The molecule has 1 aliphatic rings. The van der Waals surface area contributed by atoms with Crippen molar-refractivity contribution in [3.05, 3.63) is 46.0 Å². The number of fused-ring (bicyclic) bond motifs is 2. The third-order valence-corrected chi connectivity index (χ3v) is 3.39. The smallest absolute Gasteiger partial charge is 0.261 e. The number of aromatic nitrogens is 2. The topological polar surface area (TPSA) is 34.4 Å². The van der Waals surface area contributed by atoms with E-state index in [-0.39, 0.29) is 5.56 Å². The molecule has 1 unspecified atom stereocenters. The summed E-state index contributed by atoms with van der Waals surface area (Å²) in [4.78, 5) is 16.9. The van der Waals surface area contributed by atoms with Crippen molar-refractivity contribution < 1.29 is 0 Å². The summed E-state index contributed by atoms with van der Waals surface area (Å²) in [5, 5.41) is 0. The second-order valence-electron chi connectivity index (χ2n) is 4.50. The van der Waals surface area contributed by atoms with Gasteiger partial charge in [0.25, 0.3) is 5.56 Å². The van der Waals surface area contributed by atoms with E-state index < -0.39 is 0 Å². The Morgan fingerprint density at radius 1 is 1.44 bits per heavy atom. The summed E-state index contributed by atoms with van der Waals surface area (Å²) in [5.74, 6) is 0.418. The van der Waals surface area contributed by atoms with Crippen LogP contribution in [0.1, 0.15) is 36.9 Å². The predicted octanol–water partition coefficient (Wildman–Crippen LogP) is 2.13. The Balaban J connectivity index is 2.41. The molecule has 82 valence electrons. The van der Waals surface area contributed by atoms with Gasteiger partial charge in [-0.2, -0.15) is 0 Å². The van der Waals surface area contributed by atoms with Crippen molar-refractivity contribution in [1.82, 2.24) is 9.38 Å². The molecule has 0 bridgehead atoms. The van der Waals surface area contributed by atoms with Gasteiger partial charge in [-0.3, -0.25) is 9.20 Å². The average molecular weight is 214 g/mol. The molecular weight excluding hydrogens is 200 g/mol. The van der Waals surface area contributed by atoms with Gasteiger partial charge in [0.1, 0.15) is 5.65 Å². The van der Waals surface area contributed by atoms with Crippen molar-refractivity contribution in [2.24, 2.45) is 0 Å². The van der Waals surface area contributed by atoms with E-state index in [0.29, 0.717) is 5.92 Å². The number of nitrogens with zero attached hydrogens (tertiary/aromatic N) is 2. The van der Waals surface area contributed by atoms with E-state index in [2.05, 4.69) is 11.9 Å². The Hall–Kier alpha value is -1.64. The second kappa shape index (κ2) is 3.44. The van der Waals surface area contributed by atoms with E-state index in [4.69, 9.17) is 0 Å². The summed E-state index contributed by atoms with van der Waals surface area (Å²) in [6.07, 6.45) is 4.92. The summed E-state index contributed by atoms with van der Waals surface area (Å²) >= 11 is 0. The summed E-state index contributed by atoms with van der Waals surface area (Å²) in [6, 6.07) is 5.68. The van der Waals surface area contributed by atoms with E-state index in [0.717, 1.165) is 36.2 Å². The fourth-order valence-corrected chi connectivity index (χ4v) is 2.51. The lowest BCUT2D eigenvalue weighted by atomic mass is 9.88. The Kier molecular flexibility index (Phi) is 2.06. The molecule has 2 aromatic rings. The number of hydrogen-bond donors (Lipinski definition) is 0. The third kappa shape index (κ3) is 1.28. The molecule has 3 nitrogen and oxygen atoms in total. The van der Waals surface area contributed by atoms with Gasteiger partial charge in [0.2, 0.25) is 0 Å². The SMILES string of the molecule is CC1CCCc2c1nc1ccccn1c2=O. The van der Waals surface area contributed by atoms with Crippen LogP contribution in [0, 0.1) is 0 Å². The maximum atomic E-state index is 12.2. The lowest BCUT2D eigenvalue weighted by Gasteiger charge is -2.20. The zero-order chi connectivity index (χ0) is 11.1. The second-order valence-corrected chi connectivity index (χ2v) is 4.50. The molecular formula is C13H14N2O. The van der Waals surface area contributed by atoms with Gasteiger partial charge in [-0.1, -0.05) is 13.0 Å². The van der Waals surface area contributed by atoms with Gasteiger partial charge in [0.05, 0.1) is 5.69 Å². The minimum absolute atomic E-state index is 0.118. The van der Waals surface area contributed by atoms with Crippen LogP contribution in [0.3, 0.4) is 0 Å². The number of pyridine rings is 1. The highest BCUT2D eigenvalue weighted by Gasteiger charge is 2.21. The van der Waals surface area contributed by atoms with Crippen LogP contribution in [0.5, 0.6) is 0 Å². The van der Waals surface area contributed by atoms with Crippen molar-refractivity contribution >= 4 is 5.65 Å². The molecule has 3 rings (SSSR count). The maximum absolute atomic E-state index is 12.2. The van der Waals surface area contributed by atoms with E-state index in [1.165, 1.54) is 0 Å². The molecule has 0 aromatic carbocycles. The van der Waals surface area contributed by atoms with Crippen LogP contribution in [0.4, 0.5) is 0 Å². The first-order valence-electron chi connectivity index (χ1n) is 5.77. The largest absolute Gasteiger partial charge is 0.269 e. The molecule has 0 radical (unpaired) electrons. The van der Waals surface area contributed by atoms with Gasteiger partial charge in [-0.05, 0) is 37.3 Å². The number of hydrogen-bond acceptors (Lipinski definition) is 2. The Morgan fingerprint density at radius 2 is 2.31 bits per heavy atom. The first-order valence-corrected chi connectivity index (χ1v) is 5.77. The minimum atomic E-state index is 0.118. The summed E-state index contributed by atoms with van der Waals surface area (Å²) in [7, 11) is 0. The summed E-state index contributed by atoms with van der Waals surface area (Å²) in [6.45, 7) is 2.16. The molecule has 0 N–H and O–H groups in total. The van der Waals surface area contributed by atoms with Gasteiger partial charge in [0, 0.05) is 11.8 Å².